The number of para-hydroxylation sites is 1. The summed E-state index contributed by atoms with van der Waals surface area (Å²) in [5, 5.41) is 2.71. The van der Waals surface area contributed by atoms with E-state index in [-0.39, 0.29) is 18.9 Å². The maximum Gasteiger partial charge on any atom is 0.325 e. The molecule has 1 heterocycles. The maximum absolute atomic E-state index is 13.3. The van der Waals surface area contributed by atoms with E-state index in [4.69, 9.17) is 0 Å². The zero-order chi connectivity index (χ0) is 21.2. The van der Waals surface area contributed by atoms with Gasteiger partial charge in [0.1, 0.15) is 17.9 Å². The second kappa shape index (κ2) is 8.03. The van der Waals surface area contributed by atoms with Crippen LogP contribution in [0.3, 0.4) is 0 Å². The van der Waals surface area contributed by atoms with Crippen LogP contribution in [0.2, 0.25) is 0 Å². The first-order valence-electron chi connectivity index (χ1n) is 9.60. The molecule has 2 aromatic carbocycles. The van der Waals surface area contributed by atoms with Gasteiger partial charge < -0.3 is 10.2 Å². The molecule has 0 bridgehead atoms. The van der Waals surface area contributed by atoms with Crippen molar-refractivity contribution >= 4 is 23.5 Å². The highest BCUT2D eigenvalue weighted by Crippen LogP contribution is 2.32. The quantitative estimate of drug-likeness (QED) is 0.760. The van der Waals surface area contributed by atoms with Crippen LogP contribution in [0.5, 0.6) is 0 Å². The van der Waals surface area contributed by atoms with Crippen molar-refractivity contribution in [3.63, 3.8) is 0 Å². The average Bonchev–Trinajstić information content (AvgIpc) is 2.95. The lowest BCUT2D eigenvalue weighted by Crippen LogP contribution is -2.45. The van der Waals surface area contributed by atoms with Gasteiger partial charge in [0, 0.05) is 12.2 Å². The van der Waals surface area contributed by atoms with E-state index < -0.39 is 23.3 Å². The van der Waals surface area contributed by atoms with E-state index in [0.717, 1.165) is 16.2 Å². The zero-order valence-electron chi connectivity index (χ0n) is 16.7. The summed E-state index contributed by atoms with van der Waals surface area (Å²) in [5.41, 5.74) is 0.854. The number of nitrogens with zero attached hydrogens (tertiary/aromatic N) is 2. The molecule has 0 spiro atoms. The number of nitrogens with one attached hydrogen (secondary N) is 1. The highest BCUT2D eigenvalue weighted by molar-refractivity contribution is 6.10. The number of anilines is 1. The molecule has 6 nitrogen and oxygen atoms in total. The second-order valence-corrected chi connectivity index (χ2v) is 7.01. The number of imide groups is 1. The van der Waals surface area contributed by atoms with Crippen LogP contribution in [0.25, 0.3) is 0 Å². The Morgan fingerprint density at radius 1 is 1.10 bits per heavy atom. The van der Waals surface area contributed by atoms with Gasteiger partial charge in [-0.05, 0) is 49.6 Å². The molecule has 4 amide bonds. The summed E-state index contributed by atoms with van der Waals surface area (Å²) in [4.78, 5) is 41.2. The predicted octanol–water partition coefficient (Wildman–Crippen LogP) is 3.34. The van der Waals surface area contributed by atoms with E-state index in [1.165, 1.54) is 24.3 Å². The normalized spacial score (nSPS) is 18.7. The number of likely N-dealkylation sites (N-methyl/N-ethyl adjacent to an activating group) is 1. The van der Waals surface area contributed by atoms with Crippen molar-refractivity contribution in [3.8, 4) is 0 Å². The molecule has 1 N–H and O–H groups in total. The van der Waals surface area contributed by atoms with E-state index in [1.54, 1.807) is 11.8 Å². The summed E-state index contributed by atoms with van der Waals surface area (Å²) in [6.45, 7) is 5.54. The van der Waals surface area contributed by atoms with Crippen molar-refractivity contribution in [1.29, 1.82) is 0 Å². The van der Waals surface area contributed by atoms with Crippen LogP contribution in [-0.4, -0.2) is 35.8 Å². The van der Waals surface area contributed by atoms with E-state index in [9.17, 15) is 18.8 Å². The molecule has 0 aliphatic carbocycles. The lowest BCUT2D eigenvalue weighted by Gasteiger charge is -2.27. The van der Waals surface area contributed by atoms with Gasteiger partial charge in [-0.25, -0.2) is 9.18 Å². The van der Waals surface area contributed by atoms with Gasteiger partial charge in [0.2, 0.25) is 5.91 Å². The van der Waals surface area contributed by atoms with Crippen molar-refractivity contribution in [1.82, 2.24) is 10.2 Å². The van der Waals surface area contributed by atoms with Crippen molar-refractivity contribution < 1.29 is 18.8 Å². The number of carbonyl (C=O) groups excluding carboxylic acids is 3. The van der Waals surface area contributed by atoms with Crippen LogP contribution in [-0.2, 0) is 15.1 Å². The summed E-state index contributed by atoms with van der Waals surface area (Å²) in [5.74, 6) is -1.29. The van der Waals surface area contributed by atoms with Gasteiger partial charge in [-0.2, -0.15) is 0 Å². The van der Waals surface area contributed by atoms with Crippen LogP contribution in [0.4, 0.5) is 14.9 Å². The van der Waals surface area contributed by atoms with Gasteiger partial charge in [-0.15, -0.1) is 0 Å². The molecule has 1 aliphatic heterocycles. The van der Waals surface area contributed by atoms with Crippen molar-refractivity contribution in [3.05, 3.63) is 65.5 Å². The smallest absolute Gasteiger partial charge is 0.319 e. The first-order chi connectivity index (χ1) is 13.8. The Labute approximate surface area is 169 Å². The fraction of sp³-hybridized carbons (Fsp3) is 0.318. The molecule has 1 aliphatic rings. The fourth-order valence-electron chi connectivity index (χ4n) is 3.71. The van der Waals surface area contributed by atoms with Crippen molar-refractivity contribution in [2.75, 3.05) is 18.0 Å². The molecule has 7 heteroatoms. The Bertz CT molecular complexity index is 945. The highest BCUT2D eigenvalue weighted by atomic mass is 19.1. The minimum Gasteiger partial charge on any atom is -0.319 e. The van der Waals surface area contributed by atoms with Crippen molar-refractivity contribution in [2.24, 2.45) is 0 Å². The minimum absolute atomic E-state index is 0.281. The number of carbonyl (C=O) groups is 3. The summed E-state index contributed by atoms with van der Waals surface area (Å²) >= 11 is 0. The molecule has 29 heavy (non-hydrogen) atoms. The van der Waals surface area contributed by atoms with Crippen molar-refractivity contribution in [2.45, 2.75) is 32.7 Å². The molecule has 152 valence electrons. The minimum atomic E-state index is -1.30. The standard InChI is InChI=1S/C22H24FN3O3/c1-4-22(16-10-12-17(23)13-11-16)20(28)26(21(29)24-22)14-19(27)25(5-2)18-9-7-6-8-15(18)3/h6-13H,4-5,14H2,1-3H3,(H,24,29). The number of rotatable bonds is 6. The monoisotopic (exact) mass is 397 g/mol. The molecule has 1 unspecified atom stereocenters. The molecule has 1 saturated heterocycles. The lowest BCUT2D eigenvalue weighted by atomic mass is 9.87. The Morgan fingerprint density at radius 2 is 1.76 bits per heavy atom. The number of aryl methyl sites for hydroxylation is 1. The van der Waals surface area contributed by atoms with Crippen LogP contribution in [0.1, 0.15) is 31.4 Å². The number of halogens is 1. The molecule has 0 radical (unpaired) electrons. The first-order valence-corrected chi connectivity index (χ1v) is 9.60. The average molecular weight is 397 g/mol. The zero-order valence-corrected chi connectivity index (χ0v) is 16.7. The van der Waals surface area contributed by atoms with Crippen LogP contribution >= 0.6 is 0 Å². The Balaban J connectivity index is 1.87. The third-order valence-corrected chi connectivity index (χ3v) is 5.36. The molecule has 2 aromatic rings. The van der Waals surface area contributed by atoms with E-state index in [1.807, 2.05) is 38.1 Å². The second-order valence-electron chi connectivity index (χ2n) is 7.01. The third-order valence-electron chi connectivity index (χ3n) is 5.36. The third kappa shape index (κ3) is 3.60. The largest absolute Gasteiger partial charge is 0.325 e. The number of urea groups is 1. The van der Waals surface area contributed by atoms with Crippen LogP contribution in [0, 0.1) is 12.7 Å². The molecule has 3 rings (SSSR count). The molecule has 0 saturated carbocycles. The summed E-state index contributed by atoms with van der Waals surface area (Å²) < 4.78 is 13.3. The first kappa shape index (κ1) is 20.5. The number of hydrogen-bond acceptors (Lipinski definition) is 3. The Kier molecular flexibility index (Phi) is 5.68. The number of benzene rings is 2. The summed E-state index contributed by atoms with van der Waals surface area (Å²) in [6, 6.07) is 12.3. The van der Waals surface area contributed by atoms with E-state index in [0.29, 0.717) is 12.1 Å². The van der Waals surface area contributed by atoms with Gasteiger partial charge in [-0.1, -0.05) is 37.3 Å². The molecular weight excluding hydrogens is 373 g/mol. The van der Waals surface area contributed by atoms with Gasteiger partial charge in [0.05, 0.1) is 0 Å². The van der Waals surface area contributed by atoms with Crippen LogP contribution in [0.15, 0.2) is 48.5 Å². The van der Waals surface area contributed by atoms with Gasteiger partial charge in [-0.3, -0.25) is 14.5 Å². The maximum atomic E-state index is 13.3. The number of hydrogen-bond donors (Lipinski definition) is 1. The summed E-state index contributed by atoms with van der Waals surface area (Å²) in [6.07, 6.45) is 0.281. The Morgan fingerprint density at radius 3 is 2.34 bits per heavy atom. The van der Waals surface area contributed by atoms with Crippen LogP contribution < -0.4 is 10.2 Å². The Hall–Kier alpha value is -3.22. The molecule has 1 fully saturated rings. The SMILES string of the molecule is CCN(C(=O)CN1C(=O)NC(CC)(c2ccc(F)cc2)C1=O)c1ccccc1C. The molecular formula is C22H24FN3O3. The molecule has 1 atom stereocenters. The highest BCUT2D eigenvalue weighted by Gasteiger charge is 2.51. The summed E-state index contributed by atoms with van der Waals surface area (Å²) in [7, 11) is 0. The van der Waals surface area contributed by atoms with E-state index >= 15 is 0 Å². The molecule has 0 aromatic heterocycles. The van der Waals surface area contributed by atoms with Gasteiger partial charge in [0.15, 0.2) is 0 Å². The number of amides is 4. The lowest BCUT2D eigenvalue weighted by molar-refractivity contribution is -0.134. The topological polar surface area (TPSA) is 69.7 Å². The van der Waals surface area contributed by atoms with Gasteiger partial charge >= 0.3 is 6.03 Å². The fourth-order valence-corrected chi connectivity index (χ4v) is 3.71. The van der Waals surface area contributed by atoms with E-state index in [2.05, 4.69) is 5.32 Å². The van der Waals surface area contributed by atoms with Gasteiger partial charge in [0.25, 0.3) is 5.91 Å². The predicted molar refractivity (Wildman–Crippen MR) is 108 cm³/mol.